The lowest BCUT2D eigenvalue weighted by Crippen LogP contribution is -2.41. The molecule has 0 unspecified atom stereocenters. The zero-order valence-corrected chi connectivity index (χ0v) is 11.4. The number of benzene rings is 1. The van der Waals surface area contributed by atoms with Crippen LogP contribution in [-0.4, -0.2) is 16.8 Å². The van der Waals surface area contributed by atoms with Crippen molar-refractivity contribution in [1.82, 2.24) is 15.8 Å². The molecule has 0 aliphatic carbocycles. The highest BCUT2D eigenvalue weighted by molar-refractivity contribution is 6.31. The Balaban J connectivity index is 1.76. The summed E-state index contributed by atoms with van der Waals surface area (Å²) in [6.07, 6.45) is 2.40. The maximum absolute atomic E-state index is 11.6. The maximum Gasteiger partial charge on any atom is 0.286 e. The highest BCUT2D eigenvalue weighted by Gasteiger charge is 2.08. The van der Waals surface area contributed by atoms with Crippen LogP contribution in [0.5, 0.6) is 0 Å². The smallest absolute Gasteiger partial charge is 0.286 e. The molecule has 2 amide bonds. The fourth-order valence-electron chi connectivity index (χ4n) is 1.68. The summed E-state index contributed by atoms with van der Waals surface area (Å²) in [5.74, 6) is -0.661. The van der Waals surface area contributed by atoms with E-state index in [1.807, 2.05) is 18.2 Å². The van der Waals surface area contributed by atoms with Gasteiger partial charge in [-0.3, -0.25) is 20.4 Å². The van der Waals surface area contributed by atoms with Crippen molar-refractivity contribution in [2.24, 2.45) is 0 Å². The third-order valence-corrected chi connectivity index (χ3v) is 3.11. The van der Waals surface area contributed by atoms with E-state index in [1.165, 1.54) is 0 Å². The second-order valence-corrected chi connectivity index (χ2v) is 4.58. The molecule has 6 heteroatoms. The van der Waals surface area contributed by atoms with Gasteiger partial charge in [0.25, 0.3) is 5.91 Å². The summed E-state index contributed by atoms with van der Waals surface area (Å²) < 4.78 is 0. The molecule has 0 aliphatic rings. The number of halogens is 1. The number of hydrogen-bond acceptors (Lipinski definition) is 2. The van der Waals surface area contributed by atoms with E-state index in [0.29, 0.717) is 17.1 Å². The predicted molar refractivity (Wildman–Crippen MR) is 76.2 cm³/mol. The molecule has 0 radical (unpaired) electrons. The molecule has 0 atom stereocenters. The lowest BCUT2D eigenvalue weighted by Gasteiger charge is -2.07. The van der Waals surface area contributed by atoms with Crippen LogP contribution in [0.3, 0.4) is 0 Å². The Morgan fingerprint density at radius 2 is 1.90 bits per heavy atom. The van der Waals surface area contributed by atoms with Gasteiger partial charge in [-0.1, -0.05) is 29.8 Å². The van der Waals surface area contributed by atoms with Gasteiger partial charge in [-0.15, -0.1) is 0 Å². The molecule has 0 saturated carbocycles. The molecule has 20 heavy (non-hydrogen) atoms. The lowest BCUT2D eigenvalue weighted by atomic mass is 10.1. The van der Waals surface area contributed by atoms with Crippen molar-refractivity contribution < 1.29 is 9.59 Å². The van der Waals surface area contributed by atoms with Gasteiger partial charge in [0.1, 0.15) is 5.69 Å². The van der Waals surface area contributed by atoms with Gasteiger partial charge in [0.05, 0.1) is 0 Å². The molecule has 2 rings (SSSR count). The summed E-state index contributed by atoms with van der Waals surface area (Å²) in [5.41, 5.74) is 5.98. The Morgan fingerprint density at radius 1 is 1.10 bits per heavy atom. The van der Waals surface area contributed by atoms with Crippen LogP contribution in [0.2, 0.25) is 5.02 Å². The van der Waals surface area contributed by atoms with Crippen molar-refractivity contribution in [3.63, 3.8) is 0 Å². The Morgan fingerprint density at radius 3 is 2.60 bits per heavy atom. The SMILES string of the molecule is O=C(CCc1ccccc1Cl)NNC(=O)c1ccc[nH]1. The first-order valence-electron chi connectivity index (χ1n) is 6.13. The summed E-state index contributed by atoms with van der Waals surface area (Å²) in [7, 11) is 0. The summed E-state index contributed by atoms with van der Waals surface area (Å²) in [6.45, 7) is 0. The number of aromatic nitrogens is 1. The van der Waals surface area contributed by atoms with Crippen molar-refractivity contribution in [2.75, 3.05) is 0 Å². The molecule has 0 saturated heterocycles. The predicted octanol–water partition coefficient (Wildman–Crippen LogP) is 2.06. The second kappa shape index (κ2) is 6.77. The van der Waals surface area contributed by atoms with Crippen LogP contribution in [-0.2, 0) is 11.2 Å². The van der Waals surface area contributed by atoms with E-state index >= 15 is 0 Å². The molecule has 0 aliphatic heterocycles. The monoisotopic (exact) mass is 291 g/mol. The molecule has 2 aromatic rings. The number of carbonyl (C=O) groups is 2. The van der Waals surface area contributed by atoms with Crippen molar-refractivity contribution in [3.05, 3.63) is 58.9 Å². The standard InChI is InChI=1S/C14H14ClN3O2/c15-11-5-2-1-4-10(11)7-8-13(19)17-18-14(20)12-6-3-9-16-12/h1-6,9,16H,7-8H2,(H,17,19)(H,18,20). The minimum absolute atomic E-state index is 0.245. The van der Waals surface area contributed by atoms with Gasteiger partial charge in [0.2, 0.25) is 5.91 Å². The van der Waals surface area contributed by atoms with Gasteiger partial charge in [0, 0.05) is 17.6 Å². The molecule has 5 nitrogen and oxygen atoms in total. The molecule has 0 spiro atoms. The van der Waals surface area contributed by atoms with Crippen LogP contribution in [0.15, 0.2) is 42.6 Å². The van der Waals surface area contributed by atoms with Crippen molar-refractivity contribution in [2.45, 2.75) is 12.8 Å². The lowest BCUT2D eigenvalue weighted by molar-refractivity contribution is -0.121. The first kappa shape index (κ1) is 14.1. The molecular formula is C14H14ClN3O2. The van der Waals surface area contributed by atoms with E-state index in [-0.39, 0.29) is 18.2 Å². The van der Waals surface area contributed by atoms with Crippen LogP contribution in [0.4, 0.5) is 0 Å². The van der Waals surface area contributed by atoms with Crippen LogP contribution >= 0.6 is 11.6 Å². The molecule has 1 aromatic heterocycles. The van der Waals surface area contributed by atoms with Crippen LogP contribution < -0.4 is 10.9 Å². The number of rotatable bonds is 4. The third kappa shape index (κ3) is 3.86. The third-order valence-electron chi connectivity index (χ3n) is 2.74. The number of hydrazine groups is 1. The van der Waals surface area contributed by atoms with Gasteiger partial charge in [-0.05, 0) is 30.2 Å². The minimum atomic E-state index is -0.388. The van der Waals surface area contributed by atoms with Gasteiger partial charge >= 0.3 is 0 Å². The van der Waals surface area contributed by atoms with Crippen molar-refractivity contribution >= 4 is 23.4 Å². The highest BCUT2D eigenvalue weighted by Crippen LogP contribution is 2.16. The largest absolute Gasteiger partial charge is 0.357 e. The second-order valence-electron chi connectivity index (χ2n) is 4.18. The Labute approximate surface area is 121 Å². The average Bonchev–Trinajstić information content (AvgIpc) is 2.98. The van der Waals surface area contributed by atoms with Crippen LogP contribution in [0.25, 0.3) is 0 Å². The quantitative estimate of drug-likeness (QED) is 0.754. The summed E-state index contributed by atoms with van der Waals surface area (Å²) >= 11 is 6.00. The van der Waals surface area contributed by atoms with Crippen LogP contribution in [0, 0.1) is 0 Å². The Kier molecular flexibility index (Phi) is 4.79. The molecule has 1 heterocycles. The van der Waals surface area contributed by atoms with E-state index in [4.69, 9.17) is 11.6 Å². The van der Waals surface area contributed by atoms with Crippen molar-refractivity contribution in [1.29, 1.82) is 0 Å². The molecule has 0 fully saturated rings. The molecule has 1 aromatic carbocycles. The van der Waals surface area contributed by atoms with Crippen molar-refractivity contribution in [3.8, 4) is 0 Å². The summed E-state index contributed by atoms with van der Waals surface area (Å²) in [6, 6.07) is 10.7. The van der Waals surface area contributed by atoms with Crippen LogP contribution in [0.1, 0.15) is 22.5 Å². The number of hydrogen-bond donors (Lipinski definition) is 3. The maximum atomic E-state index is 11.6. The fraction of sp³-hybridized carbons (Fsp3) is 0.143. The minimum Gasteiger partial charge on any atom is -0.357 e. The first-order chi connectivity index (χ1) is 9.66. The van der Waals surface area contributed by atoms with E-state index in [9.17, 15) is 9.59 Å². The van der Waals surface area contributed by atoms with Gasteiger partial charge in [-0.2, -0.15) is 0 Å². The zero-order valence-electron chi connectivity index (χ0n) is 10.7. The number of nitrogens with one attached hydrogen (secondary N) is 3. The Bertz CT molecular complexity index is 596. The van der Waals surface area contributed by atoms with Gasteiger partial charge in [-0.25, -0.2) is 0 Å². The highest BCUT2D eigenvalue weighted by atomic mass is 35.5. The summed E-state index contributed by atoms with van der Waals surface area (Å²) in [5, 5.41) is 0.635. The molecule has 3 N–H and O–H groups in total. The average molecular weight is 292 g/mol. The normalized spacial score (nSPS) is 10.1. The Hall–Kier alpha value is -2.27. The molecule has 104 valence electrons. The van der Waals surface area contributed by atoms with E-state index in [1.54, 1.807) is 24.4 Å². The van der Waals surface area contributed by atoms with E-state index < -0.39 is 0 Å². The first-order valence-corrected chi connectivity index (χ1v) is 6.50. The van der Waals surface area contributed by atoms with Gasteiger partial charge < -0.3 is 4.98 Å². The fourth-order valence-corrected chi connectivity index (χ4v) is 1.91. The number of carbonyl (C=O) groups excluding carboxylic acids is 2. The van der Waals surface area contributed by atoms with Gasteiger partial charge in [0.15, 0.2) is 0 Å². The molecular weight excluding hydrogens is 278 g/mol. The number of aryl methyl sites for hydroxylation is 1. The number of aromatic amines is 1. The van der Waals surface area contributed by atoms with E-state index in [2.05, 4.69) is 15.8 Å². The number of amides is 2. The van der Waals surface area contributed by atoms with E-state index in [0.717, 1.165) is 5.56 Å². The topological polar surface area (TPSA) is 74.0 Å². The molecule has 0 bridgehead atoms. The zero-order chi connectivity index (χ0) is 14.4. The summed E-state index contributed by atoms with van der Waals surface area (Å²) in [4.78, 5) is 25.9. The number of H-pyrrole nitrogens is 1.